The average molecular weight is 556 g/mol. The van der Waals surface area contributed by atoms with E-state index in [9.17, 15) is 27.6 Å². The van der Waals surface area contributed by atoms with Crippen molar-refractivity contribution >= 4 is 22.9 Å². The minimum absolute atomic E-state index is 0.00963. The molecule has 0 aliphatic heterocycles. The number of nitrogens with zero attached hydrogens (tertiary/aromatic N) is 9. The van der Waals surface area contributed by atoms with Crippen LogP contribution in [-0.2, 0) is 24.6 Å². The molecule has 0 aliphatic carbocycles. The van der Waals surface area contributed by atoms with E-state index in [2.05, 4.69) is 35.4 Å². The highest BCUT2D eigenvalue weighted by molar-refractivity contribution is 5.93. The Kier molecular flexibility index (Phi) is 6.48. The largest absolute Gasteiger partial charge is 0.451 e. The summed E-state index contributed by atoms with van der Waals surface area (Å²) >= 11 is 0. The Bertz CT molecular complexity index is 1850. The molecule has 17 heteroatoms. The van der Waals surface area contributed by atoms with Gasteiger partial charge >= 0.3 is 11.9 Å². The first kappa shape index (κ1) is 26.4. The van der Waals surface area contributed by atoms with Gasteiger partial charge in [0.25, 0.3) is 5.56 Å². The van der Waals surface area contributed by atoms with Gasteiger partial charge in [-0.25, -0.2) is 29.3 Å². The number of hydrogen-bond acceptors (Lipinski definition) is 10. The second kappa shape index (κ2) is 9.83. The number of aryl methyl sites for hydroxylation is 2. The molecule has 5 heterocycles. The molecule has 5 aromatic rings. The number of carbonyl (C=O) groups excluding carboxylic acids is 1. The van der Waals surface area contributed by atoms with Crippen molar-refractivity contribution in [2.24, 2.45) is 7.05 Å². The minimum atomic E-state index is -4.68. The maximum Gasteiger partial charge on any atom is 0.451 e. The molecule has 0 saturated carbocycles. The smallest absolute Gasteiger partial charge is 0.337 e. The van der Waals surface area contributed by atoms with E-state index in [-0.39, 0.29) is 40.7 Å². The Hall–Kier alpha value is -5.22. The summed E-state index contributed by atoms with van der Waals surface area (Å²) < 4.78 is 46.7. The highest BCUT2D eigenvalue weighted by Gasteiger charge is 2.34. The number of anilines is 1. The normalized spacial score (nSPS) is 12.6. The Labute approximate surface area is 221 Å². The van der Waals surface area contributed by atoms with E-state index in [0.717, 1.165) is 21.5 Å². The van der Waals surface area contributed by atoms with Gasteiger partial charge in [0.1, 0.15) is 18.4 Å². The summed E-state index contributed by atoms with van der Waals surface area (Å²) in [6, 6.07) is 3.55. The number of rotatable bonds is 6. The maximum atomic E-state index is 13.3. The Morgan fingerprint density at radius 3 is 2.50 bits per heavy atom. The average Bonchev–Trinajstić information content (AvgIpc) is 3.55. The van der Waals surface area contributed by atoms with Gasteiger partial charge in [0.05, 0.1) is 12.0 Å². The molecule has 1 amide bonds. The summed E-state index contributed by atoms with van der Waals surface area (Å²) in [6.07, 6.45) is -1.46. The molecule has 0 bridgehead atoms. The van der Waals surface area contributed by atoms with Gasteiger partial charge in [-0.05, 0) is 26.0 Å². The molecule has 1 atom stereocenters. The number of halogens is 3. The summed E-state index contributed by atoms with van der Waals surface area (Å²) in [5, 5.41) is 6.27. The molecule has 40 heavy (non-hydrogen) atoms. The number of fused-ring (bicyclic) bond motifs is 1. The zero-order chi connectivity index (χ0) is 28.8. The van der Waals surface area contributed by atoms with Crippen LogP contribution in [0.4, 0.5) is 19.0 Å². The van der Waals surface area contributed by atoms with Crippen LogP contribution in [0, 0.1) is 6.92 Å². The van der Waals surface area contributed by atoms with E-state index in [0.29, 0.717) is 5.82 Å². The van der Waals surface area contributed by atoms with Gasteiger partial charge in [0.2, 0.25) is 17.6 Å². The standard InChI is InChI=1S/C23H19F3N10O4/c1-11(19(37)32-15-6-4-5-14(31-15)13-7-27-21(28-8-13)23(24,25)26)36-10-29-18-17(36)20(38)35(22(39)34(18)3)9-16-30-12(2)33-40-16/h4-8,10-11H,9H2,1-3H3,(H,31,32,37)/t11-/m0/s1. The molecule has 0 radical (unpaired) electrons. The summed E-state index contributed by atoms with van der Waals surface area (Å²) in [4.78, 5) is 58.4. The molecule has 5 rings (SSSR count). The number of imidazole rings is 1. The van der Waals surface area contributed by atoms with Crippen LogP contribution in [0.15, 0.2) is 51.0 Å². The van der Waals surface area contributed by atoms with Gasteiger partial charge in [-0.2, -0.15) is 18.2 Å². The third-order valence-electron chi connectivity index (χ3n) is 5.92. The minimum Gasteiger partial charge on any atom is -0.337 e. The summed E-state index contributed by atoms with van der Waals surface area (Å²) in [7, 11) is 1.43. The van der Waals surface area contributed by atoms with Crippen molar-refractivity contribution in [2.75, 3.05) is 5.32 Å². The third-order valence-corrected chi connectivity index (χ3v) is 5.92. The van der Waals surface area contributed by atoms with Crippen molar-refractivity contribution in [3.63, 3.8) is 0 Å². The zero-order valence-corrected chi connectivity index (χ0v) is 21.0. The van der Waals surface area contributed by atoms with Crippen molar-refractivity contribution in [2.45, 2.75) is 32.6 Å². The van der Waals surface area contributed by atoms with Crippen LogP contribution in [0.1, 0.15) is 30.5 Å². The molecule has 0 aliphatic rings. The fraction of sp³-hybridized carbons (Fsp3) is 0.261. The van der Waals surface area contributed by atoms with Crippen LogP contribution in [0.3, 0.4) is 0 Å². The third kappa shape index (κ3) is 4.83. The van der Waals surface area contributed by atoms with Gasteiger partial charge in [0.15, 0.2) is 17.0 Å². The molecular formula is C23H19F3N10O4. The van der Waals surface area contributed by atoms with Gasteiger partial charge < -0.3 is 14.4 Å². The molecule has 0 aromatic carbocycles. The molecule has 14 nitrogen and oxygen atoms in total. The van der Waals surface area contributed by atoms with Crippen molar-refractivity contribution in [3.05, 3.63) is 75.3 Å². The Balaban J connectivity index is 1.43. The lowest BCUT2D eigenvalue weighted by molar-refractivity contribution is -0.145. The molecule has 0 saturated heterocycles. The van der Waals surface area contributed by atoms with Crippen molar-refractivity contribution in [1.29, 1.82) is 0 Å². The molecule has 0 spiro atoms. The summed E-state index contributed by atoms with van der Waals surface area (Å²) in [6.45, 7) is 2.83. The predicted molar refractivity (Wildman–Crippen MR) is 131 cm³/mol. The Morgan fingerprint density at radius 1 is 1.12 bits per heavy atom. The van der Waals surface area contributed by atoms with E-state index >= 15 is 0 Å². The second-order valence-corrected chi connectivity index (χ2v) is 8.66. The first-order valence-corrected chi connectivity index (χ1v) is 11.6. The van der Waals surface area contributed by atoms with Crippen LogP contribution in [0.2, 0.25) is 0 Å². The van der Waals surface area contributed by atoms with Gasteiger partial charge in [0, 0.05) is 25.0 Å². The lowest BCUT2D eigenvalue weighted by atomic mass is 10.2. The maximum absolute atomic E-state index is 13.3. The first-order chi connectivity index (χ1) is 18.9. The van der Waals surface area contributed by atoms with Crippen LogP contribution >= 0.6 is 0 Å². The fourth-order valence-corrected chi connectivity index (χ4v) is 3.89. The van der Waals surface area contributed by atoms with Crippen molar-refractivity contribution < 1.29 is 22.5 Å². The van der Waals surface area contributed by atoms with Crippen molar-refractivity contribution in [3.8, 4) is 11.3 Å². The number of amides is 1. The predicted octanol–water partition coefficient (Wildman–Crippen LogP) is 1.71. The van der Waals surface area contributed by atoms with Gasteiger partial charge in [-0.3, -0.25) is 14.2 Å². The Morgan fingerprint density at radius 2 is 1.85 bits per heavy atom. The summed E-state index contributed by atoms with van der Waals surface area (Å²) in [5.74, 6) is -1.39. The topological polar surface area (TPSA) is 169 Å². The number of hydrogen-bond donors (Lipinski definition) is 1. The number of pyridine rings is 1. The molecular weight excluding hydrogens is 537 g/mol. The fourth-order valence-electron chi connectivity index (χ4n) is 3.89. The van der Waals surface area contributed by atoms with Gasteiger partial charge in [-0.1, -0.05) is 11.2 Å². The second-order valence-electron chi connectivity index (χ2n) is 8.66. The van der Waals surface area contributed by atoms with E-state index in [1.165, 1.54) is 37.0 Å². The highest BCUT2D eigenvalue weighted by Crippen LogP contribution is 2.27. The number of aromatic nitrogens is 9. The SMILES string of the molecule is Cc1noc(Cn2c(=O)c3c(ncn3[C@@H](C)C(=O)Nc3cccc(-c4cnc(C(F)(F)F)nc4)n3)n(C)c2=O)n1. The molecule has 0 fully saturated rings. The van der Waals surface area contributed by atoms with E-state index < -0.39 is 35.2 Å². The van der Waals surface area contributed by atoms with Crippen molar-refractivity contribution in [1.82, 2.24) is 43.8 Å². The quantitative estimate of drug-likeness (QED) is 0.325. The number of alkyl halides is 3. The van der Waals surface area contributed by atoms with Gasteiger partial charge in [-0.15, -0.1) is 0 Å². The zero-order valence-electron chi connectivity index (χ0n) is 21.0. The monoisotopic (exact) mass is 556 g/mol. The van der Waals surface area contributed by atoms with Crippen LogP contribution in [0.25, 0.3) is 22.4 Å². The molecule has 0 unspecified atom stereocenters. The van der Waals surface area contributed by atoms with E-state index in [1.54, 1.807) is 13.0 Å². The van der Waals surface area contributed by atoms with Crippen LogP contribution in [-0.4, -0.2) is 49.7 Å². The number of nitrogens with one attached hydrogen (secondary N) is 1. The highest BCUT2D eigenvalue weighted by atomic mass is 19.4. The molecule has 5 aromatic heterocycles. The van der Waals surface area contributed by atoms with Crippen LogP contribution < -0.4 is 16.6 Å². The van der Waals surface area contributed by atoms with E-state index in [4.69, 9.17) is 4.52 Å². The lowest BCUT2D eigenvalue weighted by Gasteiger charge is -2.15. The summed E-state index contributed by atoms with van der Waals surface area (Å²) in [5.41, 5.74) is -0.894. The molecule has 206 valence electrons. The first-order valence-electron chi connectivity index (χ1n) is 11.6. The molecule has 1 N–H and O–H groups in total. The lowest BCUT2D eigenvalue weighted by Crippen LogP contribution is -2.40. The van der Waals surface area contributed by atoms with Crippen LogP contribution in [0.5, 0.6) is 0 Å². The van der Waals surface area contributed by atoms with E-state index in [1.807, 2.05) is 0 Å². The number of carbonyl (C=O) groups is 1.